The molecule has 8 atom stereocenters. The van der Waals surface area contributed by atoms with Gasteiger partial charge >= 0.3 is 5.97 Å². The smallest absolute Gasteiger partial charge is 0.309 e. The van der Waals surface area contributed by atoms with Crippen LogP contribution in [-0.2, 0) is 4.79 Å². The third-order valence-corrected chi connectivity index (χ3v) is 13.1. The van der Waals surface area contributed by atoms with E-state index in [4.69, 9.17) is 0 Å². The third-order valence-electron chi connectivity index (χ3n) is 13.1. The van der Waals surface area contributed by atoms with E-state index in [1.165, 1.54) is 12.0 Å². The first-order valence-electron chi connectivity index (χ1n) is 13.8. The Balaban J connectivity index is 1.59. The van der Waals surface area contributed by atoms with Gasteiger partial charge in [0.2, 0.25) is 0 Å². The lowest BCUT2D eigenvalue weighted by Crippen LogP contribution is -2.67. The fraction of sp³-hybridized carbons (Fsp3) is 0.900. The predicted molar refractivity (Wildman–Crippen MR) is 133 cm³/mol. The summed E-state index contributed by atoms with van der Waals surface area (Å²) in [5, 5.41) is 21.4. The van der Waals surface area contributed by atoms with Crippen LogP contribution in [0.4, 0.5) is 0 Å². The molecule has 2 N–H and O–H groups in total. The van der Waals surface area contributed by atoms with Crippen molar-refractivity contribution in [3.8, 4) is 0 Å². The first-order chi connectivity index (χ1) is 15.1. The number of allylic oxidation sites excluding steroid dienone is 1. The summed E-state index contributed by atoms with van der Waals surface area (Å²) in [6.45, 7) is 16.9. The molecule has 0 amide bonds. The number of aliphatic hydroxyl groups is 1. The topological polar surface area (TPSA) is 57.5 Å². The van der Waals surface area contributed by atoms with Crippen molar-refractivity contribution in [1.29, 1.82) is 0 Å². The van der Waals surface area contributed by atoms with Crippen LogP contribution in [0.25, 0.3) is 0 Å². The van der Waals surface area contributed by atoms with Crippen LogP contribution in [0, 0.1) is 50.2 Å². The van der Waals surface area contributed by atoms with Crippen molar-refractivity contribution < 1.29 is 15.0 Å². The van der Waals surface area contributed by atoms with Gasteiger partial charge in [-0.25, -0.2) is 0 Å². The first kappa shape index (κ1) is 23.9. The van der Waals surface area contributed by atoms with E-state index < -0.39 is 11.4 Å². The fourth-order valence-electron chi connectivity index (χ4n) is 10.5. The Morgan fingerprint density at radius 3 is 2.12 bits per heavy atom. The molecule has 33 heavy (non-hydrogen) atoms. The van der Waals surface area contributed by atoms with Gasteiger partial charge in [0.1, 0.15) is 0 Å². The second-order valence-corrected chi connectivity index (χ2v) is 15.0. The summed E-state index contributed by atoms with van der Waals surface area (Å²) in [5.74, 6) is 0.906. The molecule has 0 saturated heterocycles. The second kappa shape index (κ2) is 6.89. The molecule has 0 spiro atoms. The zero-order valence-electron chi connectivity index (χ0n) is 22.3. The van der Waals surface area contributed by atoms with Crippen molar-refractivity contribution >= 4 is 5.97 Å². The molecule has 0 bridgehead atoms. The number of fused-ring (bicyclic) bond motifs is 7. The SMILES string of the molecule is CC1(C)CCC2(C(=O)O)CCC3(C)C4CC=C5C(CCC(O)C5(C)C)C4(C)CCC3(C)C2C1. The summed E-state index contributed by atoms with van der Waals surface area (Å²) in [5.41, 5.74) is 1.58. The number of rotatable bonds is 1. The number of hydrogen-bond acceptors (Lipinski definition) is 2. The van der Waals surface area contributed by atoms with Gasteiger partial charge in [0.05, 0.1) is 11.5 Å². The monoisotopic (exact) mass is 456 g/mol. The van der Waals surface area contributed by atoms with E-state index in [-0.39, 0.29) is 39.1 Å². The van der Waals surface area contributed by atoms with Crippen molar-refractivity contribution in [2.45, 2.75) is 119 Å². The lowest BCUT2D eigenvalue weighted by Gasteiger charge is -2.72. The lowest BCUT2D eigenvalue weighted by molar-refractivity contribution is -0.237. The van der Waals surface area contributed by atoms with Crippen LogP contribution in [0.2, 0.25) is 0 Å². The highest BCUT2D eigenvalue weighted by Gasteiger charge is 2.71. The van der Waals surface area contributed by atoms with E-state index in [1.54, 1.807) is 0 Å². The van der Waals surface area contributed by atoms with Gasteiger partial charge in [-0.2, -0.15) is 0 Å². The van der Waals surface area contributed by atoms with Crippen LogP contribution in [0.15, 0.2) is 11.6 Å². The molecule has 5 aliphatic rings. The summed E-state index contributed by atoms with van der Waals surface area (Å²) in [6.07, 6.45) is 12.6. The van der Waals surface area contributed by atoms with Crippen LogP contribution in [0.5, 0.6) is 0 Å². The van der Waals surface area contributed by atoms with E-state index in [0.717, 1.165) is 57.8 Å². The molecule has 5 aliphatic carbocycles. The maximum absolute atomic E-state index is 12.8. The van der Waals surface area contributed by atoms with Gasteiger partial charge < -0.3 is 10.2 Å². The molecule has 0 aromatic carbocycles. The van der Waals surface area contributed by atoms with Crippen molar-refractivity contribution in [1.82, 2.24) is 0 Å². The highest BCUT2D eigenvalue weighted by atomic mass is 16.4. The van der Waals surface area contributed by atoms with E-state index >= 15 is 0 Å². The Bertz CT molecular complexity index is 885. The van der Waals surface area contributed by atoms with Crippen molar-refractivity contribution in [3.05, 3.63) is 11.6 Å². The average molecular weight is 457 g/mol. The molecule has 0 aromatic rings. The Labute approximate surface area is 201 Å². The van der Waals surface area contributed by atoms with Crippen molar-refractivity contribution in [3.63, 3.8) is 0 Å². The number of hydrogen-bond donors (Lipinski definition) is 2. The molecule has 4 saturated carbocycles. The number of carboxylic acids is 1. The summed E-state index contributed by atoms with van der Waals surface area (Å²) in [7, 11) is 0. The van der Waals surface area contributed by atoms with Crippen LogP contribution in [0.1, 0.15) is 113 Å². The van der Waals surface area contributed by atoms with Crippen molar-refractivity contribution in [2.24, 2.45) is 50.2 Å². The summed E-state index contributed by atoms with van der Waals surface area (Å²) in [4.78, 5) is 12.8. The van der Waals surface area contributed by atoms with Gasteiger partial charge in [0.15, 0.2) is 0 Å². The van der Waals surface area contributed by atoms with Gasteiger partial charge in [-0.1, -0.05) is 60.1 Å². The molecular formula is C30H48O3. The molecule has 8 unspecified atom stereocenters. The maximum Gasteiger partial charge on any atom is 0.309 e. The quantitative estimate of drug-likeness (QED) is 0.409. The van der Waals surface area contributed by atoms with Crippen LogP contribution in [0.3, 0.4) is 0 Å². The fourth-order valence-corrected chi connectivity index (χ4v) is 10.5. The number of carboxylic acid groups (broad SMARTS) is 1. The molecule has 3 nitrogen and oxygen atoms in total. The van der Waals surface area contributed by atoms with Crippen LogP contribution in [-0.4, -0.2) is 22.3 Å². The number of aliphatic carboxylic acids is 1. The van der Waals surface area contributed by atoms with Gasteiger partial charge in [0, 0.05) is 5.41 Å². The second-order valence-electron chi connectivity index (χ2n) is 15.0. The Hall–Kier alpha value is -0.830. The minimum Gasteiger partial charge on any atom is -0.481 e. The summed E-state index contributed by atoms with van der Waals surface area (Å²) >= 11 is 0. The molecule has 5 rings (SSSR count). The van der Waals surface area contributed by atoms with Crippen molar-refractivity contribution in [2.75, 3.05) is 0 Å². The Kier molecular flexibility index (Phi) is 4.99. The average Bonchev–Trinajstić information content (AvgIpc) is 2.72. The van der Waals surface area contributed by atoms with Crippen LogP contribution >= 0.6 is 0 Å². The van der Waals surface area contributed by atoms with E-state index in [2.05, 4.69) is 54.5 Å². The highest BCUT2D eigenvalue weighted by Crippen LogP contribution is 2.77. The van der Waals surface area contributed by atoms with Gasteiger partial charge in [0.25, 0.3) is 0 Å². The molecule has 0 heterocycles. The number of carbonyl (C=O) groups is 1. The normalized spacial score (nSPS) is 52.4. The largest absolute Gasteiger partial charge is 0.481 e. The van der Waals surface area contributed by atoms with E-state index in [1.807, 2.05) is 0 Å². The van der Waals surface area contributed by atoms with Gasteiger partial charge in [-0.15, -0.1) is 0 Å². The Morgan fingerprint density at radius 1 is 0.848 bits per heavy atom. The maximum atomic E-state index is 12.8. The molecule has 3 heteroatoms. The molecule has 0 radical (unpaired) electrons. The van der Waals surface area contributed by atoms with E-state index in [0.29, 0.717) is 11.8 Å². The highest BCUT2D eigenvalue weighted by molar-refractivity contribution is 5.76. The zero-order valence-corrected chi connectivity index (χ0v) is 22.3. The molecule has 0 aromatic heterocycles. The molecular weight excluding hydrogens is 408 g/mol. The van der Waals surface area contributed by atoms with Crippen LogP contribution < -0.4 is 0 Å². The third kappa shape index (κ3) is 2.87. The van der Waals surface area contributed by atoms with E-state index in [9.17, 15) is 15.0 Å². The predicted octanol–water partition coefficient (Wildman–Crippen LogP) is 7.23. The van der Waals surface area contributed by atoms with Gasteiger partial charge in [-0.3, -0.25) is 4.79 Å². The number of aliphatic hydroxyl groups excluding tert-OH is 1. The molecule has 0 aliphatic heterocycles. The molecule has 186 valence electrons. The first-order valence-corrected chi connectivity index (χ1v) is 13.8. The minimum absolute atomic E-state index is 0.0700. The minimum atomic E-state index is -0.524. The summed E-state index contributed by atoms with van der Waals surface area (Å²) in [6, 6.07) is 0. The molecule has 4 fully saturated rings. The zero-order chi connectivity index (χ0) is 24.2. The Morgan fingerprint density at radius 2 is 1.45 bits per heavy atom. The lowest BCUT2D eigenvalue weighted by atomic mass is 9.31. The summed E-state index contributed by atoms with van der Waals surface area (Å²) < 4.78 is 0. The standard InChI is InChI=1S/C30H48O3/c1-25(2)12-16-30(24(32)33)17-15-28(6)21-10-8-19-20(9-11-23(31)26(19,3)4)27(21,5)13-14-29(28,7)22(30)18-25/h8,20-23,31H,9-18H2,1-7H3,(H,32,33). The van der Waals surface area contributed by atoms with Gasteiger partial charge in [-0.05, 0) is 104 Å².